The maximum absolute atomic E-state index is 5.89. The molecule has 1 aliphatic rings. The smallest absolute Gasteiger partial charge is 0.231 e. The molecule has 0 radical (unpaired) electrons. The van der Waals surface area contributed by atoms with E-state index in [0.717, 1.165) is 17.1 Å². The summed E-state index contributed by atoms with van der Waals surface area (Å²) in [5, 5.41) is 3.27. The predicted molar refractivity (Wildman–Crippen MR) is 79.1 cm³/mol. The van der Waals surface area contributed by atoms with Gasteiger partial charge in [0.1, 0.15) is 0 Å². The number of ether oxygens (including phenoxy) is 2. The van der Waals surface area contributed by atoms with E-state index in [-0.39, 0.29) is 12.1 Å². The van der Waals surface area contributed by atoms with E-state index < -0.39 is 0 Å². The lowest BCUT2D eigenvalue weighted by molar-refractivity contribution is 0.174. The van der Waals surface area contributed by atoms with Crippen molar-refractivity contribution in [2.45, 2.75) is 6.54 Å². The van der Waals surface area contributed by atoms with Gasteiger partial charge in [0.15, 0.2) is 11.5 Å². The third kappa shape index (κ3) is 3.08. The number of halogens is 1. The van der Waals surface area contributed by atoms with Gasteiger partial charge in [0.05, 0.1) is 0 Å². The minimum absolute atomic E-state index is 0.155. The Morgan fingerprint density at radius 3 is 2.81 bits per heavy atom. The number of benzene rings is 1. The fourth-order valence-electron chi connectivity index (χ4n) is 1.85. The number of hydrogen-bond acceptors (Lipinski definition) is 7. The lowest BCUT2D eigenvalue weighted by Gasteiger charge is -2.12. The Hall–Kier alpha value is -2.28. The fraction of sp³-hybridized carbons (Fsp3) is 0.308. The van der Waals surface area contributed by atoms with Crippen LogP contribution in [-0.2, 0) is 6.54 Å². The number of anilines is 2. The Bertz CT molecular complexity index is 665. The highest BCUT2D eigenvalue weighted by Crippen LogP contribution is 2.32. The first-order chi connectivity index (χ1) is 10.1. The number of hydrogen-bond donors (Lipinski definition) is 1. The number of aromatic nitrogens is 3. The highest BCUT2D eigenvalue weighted by Gasteiger charge is 2.13. The van der Waals surface area contributed by atoms with E-state index in [2.05, 4.69) is 20.3 Å². The third-order valence-corrected chi connectivity index (χ3v) is 3.05. The van der Waals surface area contributed by atoms with Gasteiger partial charge in [-0.3, -0.25) is 0 Å². The van der Waals surface area contributed by atoms with Gasteiger partial charge in [0, 0.05) is 20.6 Å². The standard InChI is InChI=1S/C13H14ClN5O2/c1-19(2)13-17-11(14)16-12(18-13)15-6-8-3-4-9-10(5-8)21-7-20-9/h3-5H,6-7H2,1-2H3,(H,15,16,17,18). The van der Waals surface area contributed by atoms with E-state index in [4.69, 9.17) is 21.1 Å². The van der Waals surface area contributed by atoms with Crippen molar-refractivity contribution in [2.75, 3.05) is 31.1 Å². The molecule has 1 N–H and O–H groups in total. The molecule has 0 saturated heterocycles. The van der Waals surface area contributed by atoms with Crippen LogP contribution in [0.1, 0.15) is 5.56 Å². The molecule has 110 valence electrons. The Morgan fingerprint density at radius 2 is 2.00 bits per heavy atom. The molecule has 7 nitrogen and oxygen atoms in total. The number of fused-ring (bicyclic) bond motifs is 1. The van der Waals surface area contributed by atoms with Gasteiger partial charge in [-0.1, -0.05) is 6.07 Å². The van der Waals surface area contributed by atoms with Gasteiger partial charge >= 0.3 is 0 Å². The molecule has 1 aromatic heterocycles. The maximum Gasteiger partial charge on any atom is 0.231 e. The second-order valence-corrected chi connectivity index (χ2v) is 5.00. The molecule has 1 aliphatic heterocycles. The first-order valence-electron chi connectivity index (χ1n) is 6.33. The molecule has 8 heteroatoms. The van der Waals surface area contributed by atoms with Crippen molar-refractivity contribution in [3.05, 3.63) is 29.0 Å². The largest absolute Gasteiger partial charge is 0.454 e. The van der Waals surface area contributed by atoms with Crippen LogP contribution in [0.2, 0.25) is 5.28 Å². The Balaban J connectivity index is 1.73. The zero-order valence-corrected chi connectivity index (χ0v) is 12.4. The summed E-state index contributed by atoms with van der Waals surface area (Å²) in [5.41, 5.74) is 1.03. The van der Waals surface area contributed by atoms with E-state index in [1.165, 1.54) is 0 Å². The fourth-order valence-corrected chi connectivity index (χ4v) is 2.01. The SMILES string of the molecule is CN(C)c1nc(Cl)nc(NCc2ccc3c(c2)OCO3)n1. The maximum atomic E-state index is 5.89. The minimum atomic E-state index is 0.155. The molecule has 0 spiro atoms. The van der Waals surface area contributed by atoms with E-state index in [1.54, 1.807) is 4.90 Å². The predicted octanol–water partition coefficient (Wildman–Crippen LogP) is 1.93. The van der Waals surface area contributed by atoms with Crippen molar-refractivity contribution >= 4 is 23.5 Å². The lowest BCUT2D eigenvalue weighted by Crippen LogP contribution is -2.15. The van der Waals surface area contributed by atoms with Gasteiger partial charge in [-0.25, -0.2) is 0 Å². The summed E-state index contributed by atoms with van der Waals surface area (Å²) in [6.07, 6.45) is 0. The van der Waals surface area contributed by atoms with Crippen LogP contribution in [0.4, 0.5) is 11.9 Å². The lowest BCUT2D eigenvalue weighted by atomic mass is 10.2. The molecule has 3 rings (SSSR count). The summed E-state index contributed by atoms with van der Waals surface area (Å²) >= 11 is 5.89. The highest BCUT2D eigenvalue weighted by molar-refractivity contribution is 6.28. The second-order valence-electron chi connectivity index (χ2n) is 4.66. The zero-order chi connectivity index (χ0) is 14.8. The normalized spacial score (nSPS) is 12.3. The summed E-state index contributed by atoms with van der Waals surface area (Å²) < 4.78 is 10.6. The molecule has 1 aromatic carbocycles. The zero-order valence-electron chi connectivity index (χ0n) is 11.6. The summed E-state index contributed by atoms with van der Waals surface area (Å²) in [7, 11) is 3.68. The average molecular weight is 308 g/mol. The number of nitrogens with zero attached hydrogens (tertiary/aromatic N) is 4. The van der Waals surface area contributed by atoms with Crippen molar-refractivity contribution in [1.29, 1.82) is 0 Å². The van der Waals surface area contributed by atoms with Crippen LogP contribution in [0.15, 0.2) is 18.2 Å². The van der Waals surface area contributed by atoms with Crippen LogP contribution < -0.4 is 19.7 Å². The average Bonchev–Trinajstić information content (AvgIpc) is 2.92. The molecule has 0 bridgehead atoms. The van der Waals surface area contributed by atoms with Crippen LogP contribution in [0.25, 0.3) is 0 Å². The van der Waals surface area contributed by atoms with Gasteiger partial charge in [-0.15, -0.1) is 0 Å². The van der Waals surface area contributed by atoms with Crippen molar-refractivity contribution < 1.29 is 9.47 Å². The van der Waals surface area contributed by atoms with E-state index in [9.17, 15) is 0 Å². The van der Waals surface area contributed by atoms with Crippen molar-refractivity contribution in [3.8, 4) is 11.5 Å². The molecule has 2 heterocycles. The van der Waals surface area contributed by atoms with Gasteiger partial charge in [0.2, 0.25) is 24.0 Å². The Labute approximate surface area is 126 Å². The number of nitrogens with one attached hydrogen (secondary N) is 1. The summed E-state index contributed by atoms with van der Waals surface area (Å²) in [6.45, 7) is 0.811. The quantitative estimate of drug-likeness (QED) is 0.925. The monoisotopic (exact) mass is 307 g/mol. The molecule has 0 saturated carbocycles. The molecule has 0 fully saturated rings. The molecule has 2 aromatic rings. The van der Waals surface area contributed by atoms with E-state index in [0.29, 0.717) is 18.4 Å². The van der Waals surface area contributed by atoms with Gasteiger partial charge in [-0.05, 0) is 29.3 Å². The number of rotatable bonds is 4. The van der Waals surface area contributed by atoms with E-state index in [1.807, 2.05) is 32.3 Å². The molecule has 21 heavy (non-hydrogen) atoms. The first kappa shape index (κ1) is 13.7. The van der Waals surface area contributed by atoms with Crippen LogP contribution in [0, 0.1) is 0 Å². The van der Waals surface area contributed by atoms with Gasteiger partial charge in [-0.2, -0.15) is 15.0 Å². The molecular weight excluding hydrogens is 294 g/mol. The Kier molecular flexibility index (Phi) is 3.66. The molecule has 0 aliphatic carbocycles. The first-order valence-corrected chi connectivity index (χ1v) is 6.71. The van der Waals surface area contributed by atoms with Crippen LogP contribution in [0.5, 0.6) is 11.5 Å². The Morgan fingerprint density at radius 1 is 1.19 bits per heavy atom. The third-order valence-electron chi connectivity index (χ3n) is 2.88. The van der Waals surface area contributed by atoms with Crippen LogP contribution in [-0.4, -0.2) is 35.8 Å². The minimum Gasteiger partial charge on any atom is -0.454 e. The highest BCUT2D eigenvalue weighted by atomic mass is 35.5. The van der Waals surface area contributed by atoms with Gasteiger partial charge in [0.25, 0.3) is 0 Å². The second kappa shape index (κ2) is 5.61. The topological polar surface area (TPSA) is 72.4 Å². The summed E-state index contributed by atoms with van der Waals surface area (Å²) in [6, 6.07) is 5.76. The van der Waals surface area contributed by atoms with Crippen LogP contribution in [0.3, 0.4) is 0 Å². The molecule has 0 amide bonds. The molecule has 0 unspecified atom stereocenters. The van der Waals surface area contributed by atoms with E-state index >= 15 is 0 Å². The summed E-state index contributed by atoms with van der Waals surface area (Å²) in [5.74, 6) is 2.44. The van der Waals surface area contributed by atoms with Crippen molar-refractivity contribution in [2.24, 2.45) is 0 Å². The summed E-state index contributed by atoms with van der Waals surface area (Å²) in [4.78, 5) is 14.1. The van der Waals surface area contributed by atoms with Crippen molar-refractivity contribution in [3.63, 3.8) is 0 Å². The van der Waals surface area contributed by atoms with Crippen LogP contribution >= 0.6 is 11.6 Å². The molecular formula is C13H14ClN5O2. The van der Waals surface area contributed by atoms with Crippen molar-refractivity contribution in [1.82, 2.24) is 15.0 Å². The van der Waals surface area contributed by atoms with Gasteiger partial charge < -0.3 is 19.7 Å². The molecule has 0 atom stereocenters.